The van der Waals surface area contributed by atoms with E-state index in [-0.39, 0.29) is 42.0 Å². The lowest BCUT2D eigenvalue weighted by atomic mass is 9.98. The zero-order chi connectivity index (χ0) is 26.9. The third-order valence-corrected chi connectivity index (χ3v) is 6.06. The summed E-state index contributed by atoms with van der Waals surface area (Å²) in [5.41, 5.74) is 1.95. The zero-order valence-electron chi connectivity index (χ0n) is 20.3. The number of carbonyl (C=O) groups excluding carboxylic acids is 2. The van der Waals surface area contributed by atoms with Crippen LogP contribution in [0.2, 0.25) is 0 Å². The number of aryl methyl sites for hydroxylation is 2. The molecule has 0 saturated carbocycles. The number of anilines is 2. The molecule has 0 bridgehead atoms. The molecule has 4 rings (SSSR count). The molecule has 0 radical (unpaired) electrons. The number of hydrogen-bond acceptors (Lipinski definition) is 4. The number of benzene rings is 3. The fourth-order valence-electron chi connectivity index (χ4n) is 4.48. The van der Waals surface area contributed by atoms with Crippen LogP contribution in [0.3, 0.4) is 0 Å². The average Bonchev–Trinajstić information content (AvgIpc) is 3.13. The van der Waals surface area contributed by atoms with E-state index in [1.54, 1.807) is 42.5 Å². The van der Waals surface area contributed by atoms with Crippen LogP contribution in [-0.4, -0.2) is 28.5 Å². The number of alkyl halides is 3. The van der Waals surface area contributed by atoms with Crippen LogP contribution in [0.15, 0.2) is 66.7 Å². The van der Waals surface area contributed by atoms with Crippen LogP contribution in [-0.2, 0) is 15.8 Å². The molecule has 1 aliphatic rings. The van der Waals surface area contributed by atoms with Gasteiger partial charge in [0.15, 0.2) is 0 Å². The van der Waals surface area contributed by atoms with E-state index in [4.69, 9.17) is 10.9 Å². The van der Waals surface area contributed by atoms with Gasteiger partial charge in [-0.25, -0.2) is 10.9 Å². The molecule has 0 atom stereocenters. The van der Waals surface area contributed by atoms with E-state index in [1.165, 1.54) is 11.0 Å². The molecule has 0 saturated heterocycles. The van der Waals surface area contributed by atoms with Gasteiger partial charge in [0.05, 0.1) is 22.5 Å². The Bertz CT molecular complexity index is 1360. The molecule has 1 aliphatic heterocycles. The van der Waals surface area contributed by atoms with Gasteiger partial charge in [0, 0.05) is 29.8 Å². The molecule has 0 aromatic heterocycles. The Morgan fingerprint density at radius 1 is 1.00 bits per heavy atom. The van der Waals surface area contributed by atoms with Crippen molar-refractivity contribution < 1.29 is 27.9 Å². The number of halogens is 3. The summed E-state index contributed by atoms with van der Waals surface area (Å²) in [5.74, 6) is 5.10. The minimum absolute atomic E-state index is 0.00827. The van der Waals surface area contributed by atoms with Gasteiger partial charge in [0.25, 0.3) is 5.91 Å². The highest BCUT2D eigenvalue weighted by Crippen LogP contribution is 2.47. The van der Waals surface area contributed by atoms with Crippen LogP contribution in [0, 0.1) is 13.8 Å². The van der Waals surface area contributed by atoms with Gasteiger partial charge in [-0.1, -0.05) is 42.5 Å². The van der Waals surface area contributed by atoms with Crippen molar-refractivity contribution in [3.8, 4) is 0 Å². The van der Waals surface area contributed by atoms with Crippen LogP contribution in [0.1, 0.15) is 40.7 Å². The zero-order valence-corrected chi connectivity index (χ0v) is 20.3. The quantitative estimate of drug-likeness (QED) is 0.203. The van der Waals surface area contributed by atoms with Gasteiger partial charge >= 0.3 is 6.18 Å². The third-order valence-electron chi connectivity index (χ3n) is 6.06. The third kappa shape index (κ3) is 5.14. The fraction of sp³-hybridized carbons (Fsp3) is 0.214. The van der Waals surface area contributed by atoms with Gasteiger partial charge in [-0.3, -0.25) is 14.5 Å². The van der Waals surface area contributed by atoms with Crippen LogP contribution in [0.25, 0.3) is 11.3 Å². The molecular formula is C28H26F3N3O3. The molecule has 1 heterocycles. The maximum atomic E-state index is 14.1. The number of hydrogen-bond donors (Lipinski definition) is 2. The average molecular weight is 510 g/mol. The lowest BCUT2D eigenvalue weighted by molar-refractivity contribution is -0.137. The molecule has 9 heteroatoms. The van der Waals surface area contributed by atoms with Gasteiger partial charge in [-0.2, -0.15) is 13.2 Å². The molecule has 0 unspecified atom stereocenters. The Morgan fingerprint density at radius 2 is 1.65 bits per heavy atom. The Balaban J connectivity index is 2.02. The minimum Gasteiger partial charge on any atom is -0.396 e. The summed E-state index contributed by atoms with van der Waals surface area (Å²) in [4.78, 5) is 28.2. The van der Waals surface area contributed by atoms with Crippen molar-refractivity contribution in [1.82, 2.24) is 5.01 Å². The van der Waals surface area contributed by atoms with Crippen molar-refractivity contribution in [1.29, 1.82) is 0 Å². The van der Waals surface area contributed by atoms with E-state index in [9.17, 15) is 22.8 Å². The smallest absolute Gasteiger partial charge is 0.396 e. The first-order valence-corrected chi connectivity index (χ1v) is 11.7. The number of rotatable bonds is 6. The van der Waals surface area contributed by atoms with Crippen LogP contribution < -0.4 is 10.7 Å². The second-order valence-electron chi connectivity index (χ2n) is 8.90. The molecule has 0 fully saturated rings. The Labute approximate surface area is 212 Å². The number of carbonyl (C=O) groups is 2. The summed E-state index contributed by atoms with van der Waals surface area (Å²) < 4.78 is 41.0. The number of aliphatic hydroxyl groups is 1. The normalized spacial score (nSPS) is 14.6. The highest BCUT2D eigenvalue weighted by atomic mass is 19.4. The van der Waals surface area contributed by atoms with Crippen molar-refractivity contribution in [2.75, 3.05) is 11.5 Å². The summed E-state index contributed by atoms with van der Waals surface area (Å²) >= 11 is 0. The molecule has 37 heavy (non-hydrogen) atoms. The first kappa shape index (κ1) is 26.1. The number of fused-ring (bicyclic) bond motifs is 1. The number of hydrazine groups is 1. The van der Waals surface area contributed by atoms with E-state index in [0.717, 1.165) is 28.3 Å². The van der Waals surface area contributed by atoms with Gasteiger partial charge in [-0.15, -0.1) is 0 Å². The van der Waals surface area contributed by atoms with Crippen LogP contribution in [0.5, 0.6) is 0 Å². The topological polar surface area (TPSA) is 86.9 Å². The number of amides is 2. The lowest BCUT2D eigenvalue weighted by Gasteiger charge is -2.23. The second-order valence-corrected chi connectivity index (χ2v) is 8.90. The predicted octanol–water partition coefficient (Wildman–Crippen LogP) is 5.34. The number of aliphatic hydroxyl groups excluding tert-OH is 1. The maximum Gasteiger partial charge on any atom is 0.416 e. The van der Waals surface area contributed by atoms with Crippen molar-refractivity contribution in [3.63, 3.8) is 0 Å². The van der Waals surface area contributed by atoms with Gasteiger partial charge in [0.2, 0.25) is 5.91 Å². The molecular weight excluding hydrogens is 483 g/mol. The fourth-order valence-corrected chi connectivity index (χ4v) is 4.48. The van der Waals surface area contributed by atoms with Crippen LogP contribution in [0.4, 0.5) is 24.5 Å². The van der Waals surface area contributed by atoms with Gasteiger partial charge < -0.3 is 5.11 Å². The van der Waals surface area contributed by atoms with E-state index < -0.39 is 23.6 Å². The molecule has 6 nitrogen and oxygen atoms in total. The molecule has 3 aromatic carbocycles. The molecule has 0 aliphatic carbocycles. The summed E-state index contributed by atoms with van der Waals surface area (Å²) in [5, 5.41) is 10.0. The SMILES string of the molecule is Cc1cc(C)cc(N2C(=O)/C(=C(/c3ccccc3)N(N)C(=O)CCCO)c3ccc(C(F)(F)F)cc32)c1. The highest BCUT2D eigenvalue weighted by molar-refractivity contribution is 6.39. The monoisotopic (exact) mass is 509 g/mol. The minimum atomic E-state index is -4.62. The Hall–Kier alpha value is -3.95. The first-order chi connectivity index (χ1) is 17.5. The number of nitrogens with two attached hydrogens (primary N) is 1. The van der Waals surface area contributed by atoms with Crippen molar-refractivity contribution in [3.05, 3.63) is 94.5 Å². The Morgan fingerprint density at radius 3 is 2.24 bits per heavy atom. The second kappa shape index (κ2) is 10.2. The molecule has 3 N–H and O–H groups in total. The molecule has 2 amide bonds. The molecule has 0 spiro atoms. The van der Waals surface area contributed by atoms with Crippen molar-refractivity contribution in [2.24, 2.45) is 5.84 Å². The van der Waals surface area contributed by atoms with Gasteiger partial charge in [-0.05, 0) is 55.7 Å². The van der Waals surface area contributed by atoms with E-state index in [0.29, 0.717) is 11.3 Å². The van der Waals surface area contributed by atoms with Crippen molar-refractivity contribution in [2.45, 2.75) is 32.9 Å². The summed E-state index contributed by atoms with van der Waals surface area (Å²) in [7, 11) is 0. The summed E-state index contributed by atoms with van der Waals surface area (Å²) in [6.07, 6.45) is -4.54. The van der Waals surface area contributed by atoms with Crippen molar-refractivity contribution >= 4 is 34.5 Å². The highest BCUT2D eigenvalue weighted by Gasteiger charge is 2.40. The first-order valence-electron chi connectivity index (χ1n) is 11.7. The van der Waals surface area contributed by atoms with Gasteiger partial charge in [0.1, 0.15) is 0 Å². The summed E-state index contributed by atoms with van der Waals surface area (Å²) in [6, 6.07) is 16.9. The maximum absolute atomic E-state index is 14.1. The van der Waals surface area contributed by atoms with Crippen LogP contribution >= 0.6 is 0 Å². The Kier molecular flexibility index (Phi) is 7.20. The summed E-state index contributed by atoms with van der Waals surface area (Å²) in [6.45, 7) is 3.44. The van der Waals surface area contributed by atoms with E-state index >= 15 is 0 Å². The lowest BCUT2D eigenvalue weighted by Crippen LogP contribution is -2.37. The molecule has 3 aromatic rings. The molecule has 192 valence electrons. The van der Waals surface area contributed by atoms with E-state index in [2.05, 4.69) is 0 Å². The number of nitrogens with zero attached hydrogens (tertiary/aromatic N) is 2. The predicted molar refractivity (Wildman–Crippen MR) is 135 cm³/mol. The standard InChI is InChI=1S/C28H26F3N3O3/c1-17-13-18(2)15-21(14-17)33-23-16-20(28(29,30)31)10-11-22(23)25(27(33)37)26(19-7-4-3-5-8-19)34(32)24(36)9-6-12-35/h3-5,7-8,10-11,13-16,35H,6,9,12,32H2,1-2H3/b26-25-. The van der Waals surface area contributed by atoms with E-state index in [1.807, 2.05) is 19.9 Å². The largest absolute Gasteiger partial charge is 0.416 e.